The molecular formula is C24H22F3N5O4. The second-order valence-electron chi connectivity index (χ2n) is 8.84. The molecule has 1 aromatic heterocycles. The topological polar surface area (TPSA) is 101 Å². The summed E-state index contributed by atoms with van der Waals surface area (Å²) in [7, 11) is 1.33. The zero-order valence-corrected chi connectivity index (χ0v) is 19.2. The summed E-state index contributed by atoms with van der Waals surface area (Å²) in [5.74, 6) is -0.276. The van der Waals surface area contributed by atoms with Gasteiger partial charge in [0.25, 0.3) is 5.91 Å². The molecule has 0 unspecified atom stereocenters. The number of ether oxygens (including phenoxy) is 2. The number of hydrogen-bond donors (Lipinski definition) is 1. The highest BCUT2D eigenvalue weighted by Gasteiger charge is 2.42. The molecule has 2 aliphatic heterocycles. The number of alkyl halides is 3. The zero-order valence-electron chi connectivity index (χ0n) is 19.2. The van der Waals surface area contributed by atoms with Crippen LogP contribution >= 0.6 is 0 Å². The van der Waals surface area contributed by atoms with Crippen molar-refractivity contribution in [3.05, 3.63) is 53.6 Å². The number of nitrogens with one attached hydrogen (secondary N) is 1. The van der Waals surface area contributed by atoms with Crippen molar-refractivity contribution in [3.63, 3.8) is 0 Å². The SMILES string of the molecule is COc1cc(/C=C/C(=O)N2C[C@@H]3CN(C(=O)c4ccc5[nH]nnc5c4)C[C@H]3C2)cc(OC(F)(F)F)c1. The summed E-state index contributed by atoms with van der Waals surface area (Å²) in [4.78, 5) is 29.2. The van der Waals surface area contributed by atoms with Crippen LogP contribution < -0.4 is 9.47 Å². The number of aromatic amines is 1. The number of aromatic nitrogens is 3. The maximum Gasteiger partial charge on any atom is 0.573 e. The van der Waals surface area contributed by atoms with Crippen LogP contribution in [0.25, 0.3) is 17.1 Å². The summed E-state index contributed by atoms with van der Waals surface area (Å²) < 4.78 is 46.8. The number of rotatable bonds is 5. The van der Waals surface area contributed by atoms with Crippen LogP contribution in [-0.2, 0) is 4.79 Å². The van der Waals surface area contributed by atoms with E-state index in [-0.39, 0.29) is 29.4 Å². The van der Waals surface area contributed by atoms with Crippen LogP contribution in [0.5, 0.6) is 11.5 Å². The van der Waals surface area contributed by atoms with Gasteiger partial charge in [0.15, 0.2) is 0 Å². The Morgan fingerprint density at radius 3 is 2.42 bits per heavy atom. The molecule has 36 heavy (non-hydrogen) atoms. The maximum absolute atomic E-state index is 13.0. The standard InChI is InChI=1S/C24H22F3N5O4/c1-35-18-6-14(7-19(9-18)36-24(25,26)27)2-5-22(33)31-10-16-12-32(13-17(16)11-31)23(34)15-3-4-20-21(8-15)29-30-28-20/h2-9,16-17H,10-13H2,1H3,(H,28,29,30)/b5-2+/t16-,17-/m1/s1. The Kier molecular flexibility index (Phi) is 6.02. The predicted octanol–water partition coefficient (Wildman–Crippen LogP) is 3.11. The van der Waals surface area contributed by atoms with Crippen LogP contribution in [0.3, 0.4) is 0 Å². The first-order chi connectivity index (χ1) is 17.2. The minimum atomic E-state index is -4.84. The van der Waals surface area contributed by atoms with Crippen molar-refractivity contribution in [2.75, 3.05) is 33.3 Å². The lowest BCUT2D eigenvalue weighted by Crippen LogP contribution is -2.35. The molecule has 188 valence electrons. The number of methoxy groups -OCH3 is 1. The number of likely N-dealkylation sites (tertiary alicyclic amines) is 2. The van der Waals surface area contributed by atoms with Crippen molar-refractivity contribution >= 4 is 28.9 Å². The maximum atomic E-state index is 13.0. The second kappa shape index (κ2) is 9.17. The quantitative estimate of drug-likeness (QED) is 0.540. The lowest BCUT2D eigenvalue weighted by Gasteiger charge is -2.21. The fourth-order valence-electron chi connectivity index (χ4n) is 4.77. The van der Waals surface area contributed by atoms with E-state index >= 15 is 0 Å². The number of fused-ring (bicyclic) bond motifs is 2. The highest BCUT2D eigenvalue weighted by Crippen LogP contribution is 2.33. The minimum Gasteiger partial charge on any atom is -0.497 e. The van der Waals surface area contributed by atoms with Gasteiger partial charge in [-0.15, -0.1) is 18.3 Å². The first kappa shape index (κ1) is 23.6. The monoisotopic (exact) mass is 501 g/mol. The largest absolute Gasteiger partial charge is 0.573 e. The van der Waals surface area contributed by atoms with Gasteiger partial charge in [0.1, 0.15) is 17.0 Å². The second-order valence-corrected chi connectivity index (χ2v) is 8.84. The van der Waals surface area contributed by atoms with Gasteiger partial charge in [-0.3, -0.25) is 14.7 Å². The Morgan fingerprint density at radius 1 is 1.03 bits per heavy atom. The molecule has 9 nitrogen and oxygen atoms in total. The van der Waals surface area contributed by atoms with Gasteiger partial charge in [-0.05, 0) is 42.0 Å². The van der Waals surface area contributed by atoms with E-state index in [2.05, 4.69) is 20.1 Å². The van der Waals surface area contributed by atoms with Crippen LogP contribution in [0.15, 0.2) is 42.5 Å². The van der Waals surface area contributed by atoms with E-state index in [1.54, 1.807) is 28.0 Å². The highest BCUT2D eigenvalue weighted by molar-refractivity contribution is 5.97. The number of amides is 2. The number of benzene rings is 2. The van der Waals surface area contributed by atoms with E-state index < -0.39 is 12.1 Å². The summed E-state index contributed by atoms with van der Waals surface area (Å²) in [6.45, 7) is 2.09. The van der Waals surface area contributed by atoms with Crippen LogP contribution in [0.1, 0.15) is 15.9 Å². The molecule has 2 aromatic carbocycles. The summed E-state index contributed by atoms with van der Waals surface area (Å²) in [5, 5.41) is 10.4. The molecular weight excluding hydrogens is 479 g/mol. The Hall–Kier alpha value is -4.09. The first-order valence-corrected chi connectivity index (χ1v) is 11.2. The lowest BCUT2D eigenvalue weighted by atomic mass is 10.0. The van der Waals surface area contributed by atoms with Crippen molar-refractivity contribution < 1.29 is 32.2 Å². The van der Waals surface area contributed by atoms with Gasteiger partial charge in [-0.2, -0.15) is 0 Å². The predicted molar refractivity (Wildman–Crippen MR) is 122 cm³/mol. The fourth-order valence-corrected chi connectivity index (χ4v) is 4.77. The molecule has 2 aliphatic rings. The summed E-state index contributed by atoms with van der Waals surface area (Å²) in [5.41, 5.74) is 2.25. The number of hydrogen-bond acceptors (Lipinski definition) is 6. The van der Waals surface area contributed by atoms with Crippen molar-refractivity contribution in [2.24, 2.45) is 11.8 Å². The third-order valence-electron chi connectivity index (χ3n) is 6.45. The highest BCUT2D eigenvalue weighted by atomic mass is 19.4. The molecule has 2 amide bonds. The van der Waals surface area contributed by atoms with Gasteiger partial charge < -0.3 is 19.3 Å². The molecule has 1 N–H and O–H groups in total. The van der Waals surface area contributed by atoms with Gasteiger partial charge in [-0.25, -0.2) is 0 Å². The van der Waals surface area contributed by atoms with E-state index in [1.807, 2.05) is 0 Å². The zero-order chi connectivity index (χ0) is 25.4. The number of nitrogens with zero attached hydrogens (tertiary/aromatic N) is 4. The summed E-state index contributed by atoms with van der Waals surface area (Å²) in [6, 6.07) is 9.02. The molecule has 0 bridgehead atoms. The molecule has 12 heteroatoms. The van der Waals surface area contributed by atoms with E-state index in [1.165, 1.54) is 31.4 Å². The van der Waals surface area contributed by atoms with Crippen molar-refractivity contribution in [1.29, 1.82) is 0 Å². The van der Waals surface area contributed by atoms with Gasteiger partial charge >= 0.3 is 6.36 Å². The Balaban J connectivity index is 1.20. The Bertz CT molecular complexity index is 1320. The normalized spacial score (nSPS) is 19.8. The average Bonchev–Trinajstić information content (AvgIpc) is 3.55. The molecule has 0 aliphatic carbocycles. The fraction of sp³-hybridized carbons (Fsp3) is 0.333. The van der Waals surface area contributed by atoms with Gasteiger partial charge in [-0.1, -0.05) is 5.21 Å². The van der Waals surface area contributed by atoms with Crippen molar-refractivity contribution in [2.45, 2.75) is 6.36 Å². The molecule has 0 saturated carbocycles. The van der Waals surface area contributed by atoms with Gasteiger partial charge in [0.05, 0.1) is 12.6 Å². The van der Waals surface area contributed by atoms with Crippen molar-refractivity contribution in [1.82, 2.24) is 25.2 Å². The molecule has 2 fully saturated rings. The Labute approximate surface area is 203 Å². The van der Waals surface area contributed by atoms with E-state index in [9.17, 15) is 22.8 Å². The first-order valence-electron chi connectivity index (χ1n) is 11.2. The number of halogens is 3. The number of carbonyl (C=O) groups excluding carboxylic acids is 2. The molecule has 5 rings (SSSR count). The summed E-state index contributed by atoms with van der Waals surface area (Å²) >= 11 is 0. The van der Waals surface area contributed by atoms with Crippen LogP contribution in [-0.4, -0.2) is 76.7 Å². The molecule has 0 radical (unpaired) electrons. The lowest BCUT2D eigenvalue weighted by molar-refractivity contribution is -0.274. The van der Waals surface area contributed by atoms with E-state index in [0.29, 0.717) is 42.8 Å². The molecule has 3 aromatic rings. The van der Waals surface area contributed by atoms with Crippen LogP contribution in [0.2, 0.25) is 0 Å². The number of H-pyrrole nitrogens is 1. The molecule has 2 saturated heterocycles. The molecule has 2 atom stereocenters. The summed E-state index contributed by atoms with van der Waals surface area (Å²) in [6.07, 6.45) is -2.09. The van der Waals surface area contributed by atoms with Crippen LogP contribution in [0, 0.1) is 11.8 Å². The smallest absolute Gasteiger partial charge is 0.497 e. The van der Waals surface area contributed by atoms with Crippen molar-refractivity contribution in [3.8, 4) is 11.5 Å². The third-order valence-corrected chi connectivity index (χ3v) is 6.45. The van der Waals surface area contributed by atoms with Crippen LogP contribution in [0.4, 0.5) is 13.2 Å². The van der Waals surface area contributed by atoms with Gasteiger partial charge in [0.2, 0.25) is 5.91 Å². The van der Waals surface area contributed by atoms with E-state index in [0.717, 1.165) is 11.6 Å². The number of carbonyl (C=O) groups is 2. The van der Waals surface area contributed by atoms with E-state index in [4.69, 9.17) is 4.74 Å². The third kappa shape index (κ3) is 4.97. The molecule has 0 spiro atoms. The Morgan fingerprint density at radius 2 is 1.72 bits per heavy atom. The minimum absolute atomic E-state index is 0.0815. The van der Waals surface area contributed by atoms with Gasteiger partial charge in [0, 0.05) is 55.7 Å². The average molecular weight is 501 g/mol. The molecule has 3 heterocycles.